The molecule has 2 rings (SSSR count). The number of hydrogen-bond donors (Lipinski definition) is 3. The Kier molecular flexibility index (Phi) is 6.56. The van der Waals surface area contributed by atoms with E-state index in [-0.39, 0.29) is 36.0 Å². The molecule has 1 aromatic carbocycles. The molecule has 1 atom stereocenters. The largest absolute Gasteiger partial charge is 0.346 e. The molecule has 0 bridgehead atoms. The molecule has 2 aromatic rings. The van der Waals surface area contributed by atoms with Crippen LogP contribution in [0.3, 0.4) is 0 Å². The van der Waals surface area contributed by atoms with Crippen LogP contribution in [0.25, 0.3) is 0 Å². The molecule has 2 amide bonds. The fourth-order valence-electron chi connectivity index (χ4n) is 2.21. The van der Waals surface area contributed by atoms with Crippen LogP contribution in [0, 0.1) is 5.92 Å². The molecular weight excluding hydrogens is 370 g/mol. The Balaban J connectivity index is 2.01. The van der Waals surface area contributed by atoms with Gasteiger partial charge in [-0.05, 0) is 38.0 Å². The van der Waals surface area contributed by atoms with Gasteiger partial charge in [0.15, 0.2) is 5.82 Å². The van der Waals surface area contributed by atoms with Crippen LogP contribution in [0.1, 0.15) is 49.8 Å². The van der Waals surface area contributed by atoms with E-state index in [2.05, 4.69) is 20.8 Å². The first-order chi connectivity index (χ1) is 12.6. The lowest BCUT2D eigenvalue weighted by molar-refractivity contribution is -0.123. The normalized spacial score (nSPS) is 12.7. The number of carbonyl (C=O) groups is 2. The number of nitrogens with two attached hydrogens (primary N) is 1. The average molecular weight is 394 g/mol. The summed E-state index contributed by atoms with van der Waals surface area (Å²) >= 11 is 5.92. The third kappa shape index (κ3) is 5.51. The lowest BCUT2D eigenvalue weighted by atomic mass is 10.0. The summed E-state index contributed by atoms with van der Waals surface area (Å²) in [7, 11) is 0. The first-order valence-corrected chi connectivity index (χ1v) is 8.92. The van der Waals surface area contributed by atoms with E-state index in [1.807, 2.05) is 13.8 Å². The van der Waals surface area contributed by atoms with Gasteiger partial charge in [0.25, 0.3) is 5.91 Å². The van der Waals surface area contributed by atoms with Crippen LogP contribution in [0.2, 0.25) is 5.02 Å². The molecule has 0 fully saturated rings. The Morgan fingerprint density at radius 1 is 1.33 bits per heavy atom. The lowest BCUT2D eigenvalue weighted by Gasteiger charge is -2.22. The highest BCUT2D eigenvalue weighted by molar-refractivity contribution is 6.30. The van der Waals surface area contributed by atoms with Crippen LogP contribution >= 0.6 is 11.6 Å². The third-order valence-corrected chi connectivity index (χ3v) is 4.21. The number of rotatable bonds is 7. The highest BCUT2D eigenvalue weighted by Gasteiger charge is 2.29. The van der Waals surface area contributed by atoms with E-state index in [1.54, 1.807) is 38.1 Å². The van der Waals surface area contributed by atoms with Crippen molar-refractivity contribution in [2.24, 2.45) is 11.7 Å². The standard InChI is InChI=1S/C18H24ClN5O3/c1-10(2)14(20)16(26)21-9-13-22-17(24-27-13)18(3,4)23-15(25)11-6-5-7-12(19)8-11/h5-8,10,14H,9,20H2,1-4H3,(H,21,26)(H,23,25)/t14-/m0/s1. The van der Waals surface area contributed by atoms with Gasteiger partial charge < -0.3 is 20.9 Å². The van der Waals surface area contributed by atoms with Gasteiger partial charge in [0, 0.05) is 10.6 Å². The van der Waals surface area contributed by atoms with E-state index in [4.69, 9.17) is 21.9 Å². The van der Waals surface area contributed by atoms with Gasteiger partial charge in [-0.15, -0.1) is 0 Å². The molecule has 27 heavy (non-hydrogen) atoms. The molecule has 0 aliphatic rings. The number of nitrogens with one attached hydrogen (secondary N) is 2. The summed E-state index contributed by atoms with van der Waals surface area (Å²) in [5.41, 5.74) is 5.32. The van der Waals surface area contributed by atoms with Gasteiger partial charge in [0.1, 0.15) is 0 Å². The minimum Gasteiger partial charge on any atom is -0.346 e. The van der Waals surface area contributed by atoms with Crippen molar-refractivity contribution in [3.05, 3.63) is 46.6 Å². The average Bonchev–Trinajstić information content (AvgIpc) is 3.08. The molecule has 0 saturated carbocycles. The minimum absolute atomic E-state index is 0.0175. The number of aromatic nitrogens is 2. The molecule has 0 aliphatic heterocycles. The van der Waals surface area contributed by atoms with Crippen LogP contribution in [0.4, 0.5) is 0 Å². The van der Waals surface area contributed by atoms with Gasteiger partial charge >= 0.3 is 0 Å². The summed E-state index contributed by atoms with van der Waals surface area (Å²) in [4.78, 5) is 28.6. The summed E-state index contributed by atoms with van der Waals surface area (Å²) in [5, 5.41) is 9.86. The quantitative estimate of drug-likeness (QED) is 0.660. The van der Waals surface area contributed by atoms with Crippen LogP contribution in [0.15, 0.2) is 28.8 Å². The molecule has 9 heteroatoms. The van der Waals surface area contributed by atoms with Crippen molar-refractivity contribution in [3.63, 3.8) is 0 Å². The van der Waals surface area contributed by atoms with Crippen molar-refractivity contribution in [2.45, 2.75) is 45.8 Å². The van der Waals surface area contributed by atoms with Crippen molar-refractivity contribution in [3.8, 4) is 0 Å². The molecule has 146 valence electrons. The first-order valence-electron chi connectivity index (χ1n) is 8.54. The molecule has 1 heterocycles. The molecule has 0 saturated heterocycles. The Morgan fingerprint density at radius 3 is 2.67 bits per heavy atom. The van der Waals surface area contributed by atoms with Crippen LogP contribution < -0.4 is 16.4 Å². The maximum absolute atomic E-state index is 12.4. The van der Waals surface area contributed by atoms with Gasteiger partial charge in [-0.2, -0.15) is 4.98 Å². The molecule has 4 N–H and O–H groups in total. The number of amides is 2. The highest BCUT2D eigenvalue weighted by atomic mass is 35.5. The van der Waals surface area contributed by atoms with Gasteiger partial charge in [-0.1, -0.05) is 36.7 Å². The second-order valence-corrected chi connectivity index (χ2v) is 7.53. The van der Waals surface area contributed by atoms with E-state index < -0.39 is 11.6 Å². The maximum atomic E-state index is 12.4. The van der Waals surface area contributed by atoms with Crippen molar-refractivity contribution in [2.75, 3.05) is 0 Å². The Bertz CT molecular complexity index is 819. The fourth-order valence-corrected chi connectivity index (χ4v) is 2.40. The Morgan fingerprint density at radius 2 is 2.04 bits per heavy atom. The molecule has 0 spiro atoms. The Hall–Kier alpha value is -2.45. The topological polar surface area (TPSA) is 123 Å². The molecule has 0 unspecified atom stereocenters. The van der Waals surface area contributed by atoms with Gasteiger partial charge in [0.2, 0.25) is 11.8 Å². The SMILES string of the molecule is CC(C)[C@H](N)C(=O)NCc1nc(C(C)(C)NC(=O)c2cccc(Cl)c2)no1. The van der Waals surface area contributed by atoms with Gasteiger partial charge in [0.05, 0.1) is 18.1 Å². The minimum atomic E-state index is -0.889. The second kappa shape index (κ2) is 8.49. The monoisotopic (exact) mass is 393 g/mol. The molecule has 0 aliphatic carbocycles. The van der Waals surface area contributed by atoms with Crippen LogP contribution in [0.5, 0.6) is 0 Å². The van der Waals surface area contributed by atoms with Gasteiger partial charge in [-0.3, -0.25) is 9.59 Å². The fraction of sp³-hybridized carbons (Fsp3) is 0.444. The summed E-state index contributed by atoms with van der Waals surface area (Å²) in [6, 6.07) is 6.00. The summed E-state index contributed by atoms with van der Waals surface area (Å²) in [6.45, 7) is 7.28. The molecule has 0 radical (unpaired) electrons. The van der Waals surface area contributed by atoms with Gasteiger partial charge in [-0.25, -0.2) is 0 Å². The lowest BCUT2D eigenvalue weighted by Crippen LogP contribution is -2.43. The summed E-state index contributed by atoms with van der Waals surface area (Å²) in [6.07, 6.45) is 0. The van der Waals surface area contributed by atoms with E-state index in [0.717, 1.165) is 0 Å². The summed E-state index contributed by atoms with van der Waals surface area (Å²) < 4.78 is 5.16. The van der Waals surface area contributed by atoms with Crippen molar-refractivity contribution in [1.29, 1.82) is 0 Å². The van der Waals surface area contributed by atoms with E-state index in [0.29, 0.717) is 10.6 Å². The van der Waals surface area contributed by atoms with Crippen molar-refractivity contribution in [1.82, 2.24) is 20.8 Å². The van der Waals surface area contributed by atoms with Crippen LogP contribution in [-0.2, 0) is 16.9 Å². The molecule has 1 aromatic heterocycles. The number of halogens is 1. The van der Waals surface area contributed by atoms with Crippen molar-refractivity contribution < 1.29 is 14.1 Å². The molecular formula is C18H24ClN5O3. The second-order valence-electron chi connectivity index (χ2n) is 7.09. The predicted octanol–water partition coefficient (Wildman–Crippen LogP) is 1.99. The van der Waals surface area contributed by atoms with Crippen LogP contribution in [-0.4, -0.2) is 28.0 Å². The predicted molar refractivity (Wildman–Crippen MR) is 101 cm³/mol. The number of nitrogens with zero attached hydrogens (tertiary/aromatic N) is 2. The summed E-state index contributed by atoms with van der Waals surface area (Å²) in [5.74, 6) is -0.0816. The zero-order valence-corrected chi connectivity index (χ0v) is 16.5. The number of carbonyl (C=O) groups excluding carboxylic acids is 2. The van der Waals surface area contributed by atoms with E-state index in [9.17, 15) is 9.59 Å². The Labute approximate surface area is 162 Å². The smallest absolute Gasteiger partial charge is 0.252 e. The number of benzene rings is 1. The third-order valence-electron chi connectivity index (χ3n) is 3.97. The molecule has 8 nitrogen and oxygen atoms in total. The zero-order valence-electron chi connectivity index (χ0n) is 15.7. The zero-order chi connectivity index (χ0) is 20.2. The maximum Gasteiger partial charge on any atom is 0.252 e. The van der Waals surface area contributed by atoms with E-state index in [1.165, 1.54) is 0 Å². The van der Waals surface area contributed by atoms with Crippen molar-refractivity contribution >= 4 is 23.4 Å². The van der Waals surface area contributed by atoms with E-state index >= 15 is 0 Å². The number of hydrogen-bond acceptors (Lipinski definition) is 6. The highest BCUT2D eigenvalue weighted by Crippen LogP contribution is 2.18. The first kappa shape index (κ1) is 20.9.